The Kier molecular flexibility index (Phi) is 8.02. The molecular weight excluding hydrogens is 583 g/mol. The summed E-state index contributed by atoms with van der Waals surface area (Å²) >= 11 is 1.10. The summed E-state index contributed by atoms with van der Waals surface area (Å²) in [6.45, 7) is 8.91. The van der Waals surface area contributed by atoms with Gasteiger partial charge in [-0.1, -0.05) is 31.3 Å². The lowest BCUT2D eigenvalue weighted by Crippen LogP contribution is -2.29. The summed E-state index contributed by atoms with van der Waals surface area (Å²) in [5, 5.41) is 11.9. The number of Topliss-reactive ketones (excluding diaryl/α,β-unsaturated/α-hetero) is 1. The molecule has 2 aliphatic heterocycles. The highest BCUT2D eigenvalue weighted by atomic mass is 32.1. The Labute approximate surface area is 258 Å². The Morgan fingerprint density at radius 3 is 2.70 bits per heavy atom. The number of hydrogen-bond donors (Lipinski definition) is 1. The number of halogens is 1. The van der Waals surface area contributed by atoms with Crippen molar-refractivity contribution in [1.29, 1.82) is 0 Å². The third-order valence-corrected chi connectivity index (χ3v) is 8.71. The molecule has 10 heteroatoms. The first kappa shape index (κ1) is 29.6. The minimum absolute atomic E-state index is 0.00453. The van der Waals surface area contributed by atoms with E-state index in [0.29, 0.717) is 58.4 Å². The molecule has 1 N–H and O–H groups in total. The number of nitrogens with zero attached hydrogens (tertiary/aromatic N) is 2. The van der Waals surface area contributed by atoms with Gasteiger partial charge in [-0.25, -0.2) is 9.37 Å². The lowest BCUT2D eigenvalue weighted by molar-refractivity contribution is -0.132. The molecule has 3 aromatic carbocycles. The van der Waals surface area contributed by atoms with Gasteiger partial charge in [-0.15, -0.1) is 0 Å². The van der Waals surface area contributed by atoms with Crippen molar-refractivity contribution in [2.45, 2.75) is 52.7 Å². The Balaban J connectivity index is 1.50. The monoisotopic (exact) mass is 616 g/mol. The van der Waals surface area contributed by atoms with Crippen LogP contribution in [0, 0.1) is 11.7 Å². The molecule has 0 bridgehead atoms. The van der Waals surface area contributed by atoms with E-state index in [1.165, 1.54) is 23.1 Å². The van der Waals surface area contributed by atoms with Crippen molar-refractivity contribution in [2.24, 2.45) is 5.92 Å². The van der Waals surface area contributed by atoms with Gasteiger partial charge in [-0.05, 0) is 85.8 Å². The van der Waals surface area contributed by atoms with Gasteiger partial charge in [0.05, 0.1) is 35.0 Å². The number of thiazole rings is 1. The van der Waals surface area contributed by atoms with Gasteiger partial charge in [0, 0.05) is 12.0 Å². The zero-order valence-corrected chi connectivity index (χ0v) is 25.7. The SMILES string of the molecule is CCOc1cc([C@@H]2C(=C(O)c3ccc4c(c3)C[C@@H](C)O4)C(=O)C(=O)N2c2nc3ccc(F)cc3s2)ccc1OCCC(C)C. The van der Waals surface area contributed by atoms with Crippen molar-refractivity contribution >= 4 is 44.1 Å². The molecule has 2 atom stereocenters. The number of aromatic nitrogens is 1. The van der Waals surface area contributed by atoms with E-state index in [4.69, 9.17) is 14.2 Å². The summed E-state index contributed by atoms with van der Waals surface area (Å²) in [5.74, 6) is -0.257. The van der Waals surface area contributed by atoms with Crippen molar-refractivity contribution in [3.8, 4) is 17.2 Å². The van der Waals surface area contributed by atoms with E-state index in [0.717, 1.165) is 29.1 Å². The fourth-order valence-corrected chi connectivity index (χ4v) is 6.56. The summed E-state index contributed by atoms with van der Waals surface area (Å²) in [6.07, 6.45) is 1.51. The number of carbonyl (C=O) groups excluding carboxylic acids is 2. The van der Waals surface area contributed by atoms with Gasteiger partial charge in [0.25, 0.3) is 5.78 Å². The van der Waals surface area contributed by atoms with Gasteiger partial charge in [-0.3, -0.25) is 14.5 Å². The lowest BCUT2D eigenvalue weighted by Gasteiger charge is -2.24. The lowest BCUT2D eigenvalue weighted by atomic mass is 9.94. The quantitative estimate of drug-likeness (QED) is 0.121. The Morgan fingerprint density at radius 2 is 1.93 bits per heavy atom. The van der Waals surface area contributed by atoms with Crippen molar-refractivity contribution in [2.75, 3.05) is 18.1 Å². The number of anilines is 1. The summed E-state index contributed by atoms with van der Waals surface area (Å²) < 4.78 is 32.3. The summed E-state index contributed by atoms with van der Waals surface area (Å²) in [7, 11) is 0. The second-order valence-electron chi connectivity index (χ2n) is 11.4. The second-order valence-corrected chi connectivity index (χ2v) is 12.4. The molecule has 0 aliphatic carbocycles. The summed E-state index contributed by atoms with van der Waals surface area (Å²) in [4.78, 5) is 33.3. The van der Waals surface area contributed by atoms with Crippen molar-refractivity contribution in [1.82, 2.24) is 4.98 Å². The van der Waals surface area contributed by atoms with E-state index in [-0.39, 0.29) is 22.6 Å². The van der Waals surface area contributed by atoms with E-state index < -0.39 is 23.5 Å². The molecule has 0 unspecified atom stereocenters. The molecule has 4 aromatic rings. The molecule has 0 saturated carbocycles. The molecule has 6 rings (SSSR count). The third kappa shape index (κ3) is 5.50. The Morgan fingerprint density at radius 1 is 1.11 bits per heavy atom. The normalized spacial score (nSPS) is 19.1. The number of fused-ring (bicyclic) bond motifs is 2. The van der Waals surface area contributed by atoms with Crippen LogP contribution in [0.1, 0.15) is 56.8 Å². The number of aliphatic hydroxyl groups is 1. The number of ketones is 1. The van der Waals surface area contributed by atoms with Crippen LogP contribution in [0.4, 0.5) is 9.52 Å². The van der Waals surface area contributed by atoms with Crippen LogP contribution in [0.25, 0.3) is 16.0 Å². The molecule has 1 saturated heterocycles. The van der Waals surface area contributed by atoms with E-state index in [1.54, 1.807) is 36.4 Å². The molecular formula is C34H33FN2O6S. The number of amides is 1. The number of benzene rings is 3. The molecule has 44 heavy (non-hydrogen) atoms. The molecule has 0 radical (unpaired) electrons. The van der Waals surface area contributed by atoms with Crippen LogP contribution in [0.2, 0.25) is 0 Å². The number of hydrogen-bond acceptors (Lipinski definition) is 8. The minimum atomic E-state index is -1.03. The largest absolute Gasteiger partial charge is 0.507 e. The Bertz CT molecular complexity index is 1800. The van der Waals surface area contributed by atoms with E-state index in [9.17, 15) is 19.1 Å². The standard InChI is InChI=1S/C34H33FN2O6S/c1-5-41-27-16-20(6-11-26(27)42-13-12-18(2)3)30-29(31(38)21-7-10-25-22(15-21)14-19(4)43-25)32(39)33(40)37(30)34-36-24-9-8-23(35)17-28(24)44-34/h6-11,15-19,30,38H,5,12-14H2,1-4H3/t19-,30-/m1/s1. The first-order valence-corrected chi connectivity index (χ1v) is 15.5. The number of ether oxygens (including phenoxy) is 3. The minimum Gasteiger partial charge on any atom is -0.507 e. The van der Waals surface area contributed by atoms with Crippen LogP contribution in [0.5, 0.6) is 17.2 Å². The first-order valence-electron chi connectivity index (χ1n) is 14.7. The van der Waals surface area contributed by atoms with E-state index >= 15 is 0 Å². The van der Waals surface area contributed by atoms with Crippen LogP contribution in [-0.4, -0.2) is 41.1 Å². The number of aliphatic hydroxyl groups excluding tert-OH is 1. The van der Waals surface area contributed by atoms with Crippen LogP contribution < -0.4 is 19.1 Å². The Hall–Kier alpha value is -4.44. The number of rotatable bonds is 9. The van der Waals surface area contributed by atoms with E-state index in [1.807, 2.05) is 13.8 Å². The first-order chi connectivity index (χ1) is 21.1. The van der Waals surface area contributed by atoms with Crippen LogP contribution in [0.15, 0.2) is 60.2 Å². The topological polar surface area (TPSA) is 98.2 Å². The smallest absolute Gasteiger partial charge is 0.301 e. The van der Waals surface area contributed by atoms with E-state index in [2.05, 4.69) is 18.8 Å². The maximum Gasteiger partial charge on any atom is 0.301 e. The zero-order chi connectivity index (χ0) is 31.1. The summed E-state index contributed by atoms with van der Waals surface area (Å²) in [6, 6.07) is 13.6. The average Bonchev–Trinajstić information content (AvgIpc) is 3.65. The van der Waals surface area contributed by atoms with Crippen molar-refractivity contribution < 1.29 is 33.3 Å². The molecule has 2 aliphatic rings. The maximum absolute atomic E-state index is 14.0. The molecule has 8 nitrogen and oxygen atoms in total. The predicted octanol–water partition coefficient (Wildman–Crippen LogP) is 7.21. The van der Waals surface area contributed by atoms with Gasteiger partial charge in [-0.2, -0.15) is 0 Å². The second kappa shape index (κ2) is 11.9. The van der Waals surface area contributed by atoms with Crippen LogP contribution >= 0.6 is 11.3 Å². The van der Waals surface area contributed by atoms with Gasteiger partial charge in [0.15, 0.2) is 16.6 Å². The summed E-state index contributed by atoms with van der Waals surface area (Å²) in [5.41, 5.74) is 2.23. The van der Waals surface area contributed by atoms with Gasteiger partial charge in [0.2, 0.25) is 0 Å². The van der Waals surface area contributed by atoms with Crippen molar-refractivity contribution in [3.05, 3.63) is 82.7 Å². The molecule has 3 heterocycles. The molecule has 1 fully saturated rings. The third-order valence-electron chi connectivity index (χ3n) is 7.70. The highest BCUT2D eigenvalue weighted by Crippen LogP contribution is 2.46. The van der Waals surface area contributed by atoms with Crippen LogP contribution in [0.3, 0.4) is 0 Å². The fraction of sp³-hybridized carbons (Fsp3) is 0.324. The predicted molar refractivity (Wildman–Crippen MR) is 167 cm³/mol. The van der Waals surface area contributed by atoms with Gasteiger partial charge in [0.1, 0.15) is 23.4 Å². The molecule has 0 spiro atoms. The maximum atomic E-state index is 14.0. The van der Waals surface area contributed by atoms with Crippen LogP contribution in [-0.2, 0) is 16.0 Å². The number of carbonyl (C=O) groups is 2. The highest BCUT2D eigenvalue weighted by Gasteiger charge is 2.48. The van der Waals surface area contributed by atoms with Crippen molar-refractivity contribution in [3.63, 3.8) is 0 Å². The molecule has 1 amide bonds. The van der Waals surface area contributed by atoms with Gasteiger partial charge < -0.3 is 19.3 Å². The molecule has 1 aromatic heterocycles. The molecule has 228 valence electrons. The average molecular weight is 617 g/mol. The highest BCUT2D eigenvalue weighted by molar-refractivity contribution is 7.22. The zero-order valence-electron chi connectivity index (χ0n) is 24.9. The van der Waals surface area contributed by atoms with Gasteiger partial charge >= 0.3 is 5.91 Å². The fourth-order valence-electron chi connectivity index (χ4n) is 5.55.